The Morgan fingerprint density at radius 3 is 1.90 bits per heavy atom. The maximum Gasteiger partial charge on any atom is 0.640 e. The van der Waals surface area contributed by atoms with E-state index in [0.29, 0.717) is 0 Å². The van der Waals surface area contributed by atoms with E-state index < -0.39 is 29.3 Å². The molecule has 0 aromatic rings. The second-order valence-electron chi connectivity index (χ2n) is 2.44. The van der Waals surface area contributed by atoms with Gasteiger partial charge in [0.25, 0.3) is 0 Å². The van der Waals surface area contributed by atoms with Crippen LogP contribution in [-0.4, -0.2) is 33.5 Å². The molecule has 0 aliphatic carbocycles. The van der Waals surface area contributed by atoms with Crippen LogP contribution in [0.2, 0.25) is 15.8 Å². The van der Waals surface area contributed by atoms with Gasteiger partial charge in [0.05, 0.1) is 0 Å². The van der Waals surface area contributed by atoms with Crippen molar-refractivity contribution in [1.82, 2.24) is 0 Å². The second kappa shape index (κ2) is 6.68. The summed E-state index contributed by atoms with van der Waals surface area (Å²) in [6.07, 6.45) is 0. The molecule has 2 nitrogen and oxygen atoms in total. The molecule has 0 aromatic carbocycles. The highest BCUT2D eigenvalue weighted by Gasteiger charge is 2.23. The lowest BCUT2D eigenvalue weighted by Crippen LogP contribution is -2.27. The third-order valence-electron chi connectivity index (χ3n) is 1.61. The molecule has 4 heteroatoms. The molecule has 0 bridgehead atoms. The van der Waals surface area contributed by atoms with Crippen molar-refractivity contribution in [2.24, 2.45) is 0 Å². The van der Waals surface area contributed by atoms with Crippen LogP contribution < -0.4 is 0 Å². The Balaban J connectivity index is 3.41. The average Bonchev–Trinajstić information content (AvgIpc) is 1.99. The van der Waals surface area contributed by atoms with Gasteiger partial charge in [-0.25, -0.2) is 0 Å². The minimum atomic E-state index is -1.71. The zero-order valence-corrected chi connectivity index (χ0v) is 9.44. The highest BCUT2D eigenvalue weighted by atomic mass is 27.3. The van der Waals surface area contributed by atoms with Crippen molar-refractivity contribution in [3.05, 3.63) is 0 Å². The van der Waals surface area contributed by atoms with Gasteiger partial charge in [0.2, 0.25) is 0 Å². The smallest absolute Gasteiger partial charge is 0.614 e. The molecule has 10 heavy (non-hydrogen) atoms. The lowest BCUT2D eigenvalue weighted by molar-refractivity contribution is 0.418. The van der Waals surface area contributed by atoms with Crippen LogP contribution in [0.1, 0.15) is 20.8 Å². The predicted octanol–water partition coefficient (Wildman–Crippen LogP) is 1.53. The topological polar surface area (TPSA) is 29.5 Å². The zero-order chi connectivity index (χ0) is 7.98. The molecule has 58 valence electrons. The van der Waals surface area contributed by atoms with Gasteiger partial charge >= 0.3 is 29.3 Å². The third-order valence-corrected chi connectivity index (χ3v) is 6.93. The van der Waals surface area contributed by atoms with Crippen molar-refractivity contribution in [3.63, 3.8) is 0 Å². The van der Waals surface area contributed by atoms with Crippen LogP contribution in [0.25, 0.3) is 0 Å². The first-order valence-corrected chi connectivity index (χ1v) is 7.98. The van der Waals surface area contributed by atoms with Crippen molar-refractivity contribution in [3.8, 4) is 0 Å². The van der Waals surface area contributed by atoms with E-state index in [2.05, 4.69) is 13.8 Å². The van der Waals surface area contributed by atoms with Gasteiger partial charge in [0.1, 0.15) is 0 Å². The van der Waals surface area contributed by atoms with Crippen molar-refractivity contribution in [2.45, 2.75) is 36.6 Å². The summed E-state index contributed by atoms with van der Waals surface area (Å²) in [4.78, 5) is 0. The van der Waals surface area contributed by atoms with Crippen molar-refractivity contribution < 1.29 is 7.00 Å². The van der Waals surface area contributed by atoms with Gasteiger partial charge in [-0.2, -0.15) is 0 Å². The summed E-state index contributed by atoms with van der Waals surface area (Å²) in [6, 6.07) is 0. The van der Waals surface area contributed by atoms with Gasteiger partial charge in [-0.15, -0.1) is 0 Å². The lowest BCUT2D eigenvalue weighted by Gasteiger charge is -2.10. The van der Waals surface area contributed by atoms with Gasteiger partial charge in [0.15, 0.2) is 0 Å². The first-order chi connectivity index (χ1) is 4.74. The fourth-order valence-electron chi connectivity index (χ4n) is 0.799. The van der Waals surface area contributed by atoms with Crippen LogP contribution in [-0.2, 0) is 2.84 Å². The summed E-state index contributed by atoms with van der Waals surface area (Å²) in [5, 5.41) is 3.16. The second-order valence-corrected chi connectivity index (χ2v) is 8.13. The average molecular weight is 174 g/mol. The molecule has 0 spiro atoms. The molecule has 0 saturated carbocycles. The Kier molecular flexibility index (Phi) is 7.34. The molecular formula is C6H16Al2O2. The minimum absolute atomic E-state index is 0.851. The van der Waals surface area contributed by atoms with Gasteiger partial charge in [-0.05, 0) is 5.28 Å². The SMILES string of the molecule is C[CH2][Al]([OH])[O][Al]([CH2]C)[CH2]C. The van der Waals surface area contributed by atoms with E-state index in [-0.39, 0.29) is 0 Å². The molecule has 0 amide bonds. The van der Waals surface area contributed by atoms with E-state index in [1.54, 1.807) is 0 Å². The molecule has 0 fully saturated rings. The quantitative estimate of drug-likeness (QED) is 0.640. The maximum absolute atomic E-state index is 9.24. The van der Waals surface area contributed by atoms with Gasteiger partial charge in [-0.1, -0.05) is 31.3 Å². The first kappa shape index (κ1) is 11.0. The van der Waals surface area contributed by atoms with Crippen LogP contribution in [0.5, 0.6) is 0 Å². The van der Waals surface area contributed by atoms with Gasteiger partial charge in [0, 0.05) is 0 Å². The minimum Gasteiger partial charge on any atom is -0.614 e. The Labute approximate surface area is 73.0 Å². The lowest BCUT2D eigenvalue weighted by atomic mass is 10.9. The molecule has 0 unspecified atom stereocenters. The van der Waals surface area contributed by atoms with Crippen LogP contribution in [0, 0.1) is 0 Å². The molecule has 1 N–H and O–H groups in total. The third kappa shape index (κ3) is 4.75. The summed E-state index contributed by atoms with van der Waals surface area (Å²) < 4.78 is 14.8. The van der Waals surface area contributed by atoms with Crippen LogP contribution in [0.15, 0.2) is 0 Å². The molecular weight excluding hydrogens is 158 g/mol. The summed E-state index contributed by atoms with van der Waals surface area (Å²) in [6.45, 7) is 6.29. The highest BCUT2D eigenvalue weighted by Crippen LogP contribution is 2.02. The van der Waals surface area contributed by atoms with E-state index >= 15 is 0 Å². The molecule has 0 aromatic heterocycles. The van der Waals surface area contributed by atoms with Gasteiger partial charge in [-0.3, -0.25) is 0 Å². The van der Waals surface area contributed by atoms with Crippen molar-refractivity contribution in [1.29, 1.82) is 0 Å². The fourth-order valence-corrected chi connectivity index (χ4v) is 5.46. The molecule has 0 radical (unpaired) electrons. The van der Waals surface area contributed by atoms with E-state index in [1.807, 2.05) is 6.92 Å². The summed E-state index contributed by atoms with van der Waals surface area (Å²) >= 11 is -2.67. The molecule has 0 saturated heterocycles. The van der Waals surface area contributed by atoms with E-state index in [4.69, 9.17) is 2.84 Å². The van der Waals surface area contributed by atoms with E-state index in [0.717, 1.165) is 15.8 Å². The number of hydrogen-bond donors (Lipinski definition) is 1. The fraction of sp³-hybridized carbons (Fsp3) is 1.00. The first-order valence-electron chi connectivity index (χ1n) is 4.08. The summed E-state index contributed by atoms with van der Waals surface area (Å²) in [7, 11) is 0. The standard InChI is InChI=1S/3C2H5.2Al.H2O.O/c3*1-2;;;;/h3*1H2,2H3;;;1H2;/q;;;;+1;;/p-1. The molecule has 0 aliphatic heterocycles. The summed E-state index contributed by atoms with van der Waals surface area (Å²) in [5.41, 5.74) is 0. The predicted molar refractivity (Wildman–Crippen MR) is 46.3 cm³/mol. The van der Waals surface area contributed by atoms with E-state index in [9.17, 15) is 4.16 Å². The largest absolute Gasteiger partial charge is 0.640 e. The monoisotopic (exact) mass is 174 g/mol. The normalized spacial score (nSPS) is 9.60. The number of rotatable bonds is 5. The molecule has 0 atom stereocenters. The Hall–Kier alpha value is 0.985. The van der Waals surface area contributed by atoms with Crippen molar-refractivity contribution >= 4 is 29.3 Å². The highest BCUT2D eigenvalue weighted by molar-refractivity contribution is 6.62. The van der Waals surface area contributed by atoms with E-state index in [1.165, 1.54) is 0 Å². The van der Waals surface area contributed by atoms with Crippen molar-refractivity contribution in [2.75, 3.05) is 0 Å². The Morgan fingerprint density at radius 2 is 1.60 bits per heavy atom. The maximum atomic E-state index is 9.24. The number of hydrogen-bond acceptors (Lipinski definition) is 2. The van der Waals surface area contributed by atoms with Crippen LogP contribution in [0.3, 0.4) is 0 Å². The zero-order valence-electron chi connectivity index (χ0n) is 7.13. The molecule has 0 aliphatic rings. The Bertz CT molecular complexity index is 76.1. The molecule has 0 heterocycles. The van der Waals surface area contributed by atoms with Crippen LogP contribution >= 0.6 is 0 Å². The van der Waals surface area contributed by atoms with Gasteiger partial charge < -0.3 is 7.00 Å². The molecule has 0 rings (SSSR count). The van der Waals surface area contributed by atoms with Crippen LogP contribution in [0.4, 0.5) is 0 Å². The Morgan fingerprint density at radius 1 is 1.10 bits per heavy atom. The summed E-state index contributed by atoms with van der Waals surface area (Å²) in [5.74, 6) is 0.